The number of fused-ring (bicyclic) bond motifs is 1. The number of nitrogens with two attached hydrogens (primary N) is 1. The molecular formula is C38H48BrN5O8. The fourth-order valence-corrected chi connectivity index (χ4v) is 6.37. The molecule has 0 fully saturated rings. The molecule has 4 atom stereocenters. The number of ether oxygens (including phenoxy) is 3. The molecule has 1 unspecified atom stereocenters. The van der Waals surface area contributed by atoms with Crippen molar-refractivity contribution < 1.29 is 38.5 Å². The van der Waals surface area contributed by atoms with Gasteiger partial charge < -0.3 is 45.9 Å². The van der Waals surface area contributed by atoms with Crippen LogP contribution >= 0.6 is 15.9 Å². The van der Waals surface area contributed by atoms with E-state index in [4.69, 9.17) is 15.2 Å². The number of amides is 3. The number of hydrogen-bond acceptors (Lipinski definition) is 10. The van der Waals surface area contributed by atoms with E-state index in [1.807, 2.05) is 29.2 Å². The van der Waals surface area contributed by atoms with Crippen LogP contribution in [0.2, 0.25) is 0 Å². The first-order valence-corrected chi connectivity index (χ1v) is 18.3. The lowest BCUT2D eigenvalue weighted by Gasteiger charge is -2.31. The normalized spacial score (nSPS) is 15.1. The van der Waals surface area contributed by atoms with E-state index in [9.17, 15) is 24.3 Å². The number of aliphatic hydroxyl groups is 1. The molecule has 0 aromatic heterocycles. The second kappa shape index (κ2) is 18.6. The van der Waals surface area contributed by atoms with Crippen molar-refractivity contribution in [3.05, 3.63) is 76.9 Å². The number of hydrogen-bond donors (Lipinski definition) is 5. The van der Waals surface area contributed by atoms with Gasteiger partial charge in [0.05, 0.1) is 14.2 Å². The zero-order chi connectivity index (χ0) is 37.9. The van der Waals surface area contributed by atoms with Crippen LogP contribution in [0, 0.1) is 0 Å². The highest BCUT2D eigenvalue weighted by Gasteiger charge is 2.33. The number of nitrogen functional groups attached to an aromatic ring is 1. The largest absolute Gasteiger partial charge is 0.493 e. The molecule has 13 nitrogen and oxygen atoms in total. The number of nitrogens with zero attached hydrogens (tertiary/aromatic N) is 1. The number of carbonyl (C=O) groups is 4. The summed E-state index contributed by atoms with van der Waals surface area (Å²) in [5.74, 6) is -0.843. The van der Waals surface area contributed by atoms with E-state index in [1.54, 1.807) is 31.2 Å². The number of halogens is 1. The predicted molar refractivity (Wildman–Crippen MR) is 202 cm³/mol. The minimum atomic E-state index is -0.993. The van der Waals surface area contributed by atoms with Crippen LogP contribution in [0.5, 0.6) is 11.5 Å². The van der Waals surface area contributed by atoms with Gasteiger partial charge in [-0.3, -0.25) is 19.2 Å². The Kier molecular flexibility index (Phi) is 14.3. The monoisotopic (exact) mass is 781 g/mol. The topological polar surface area (TPSA) is 182 Å². The van der Waals surface area contributed by atoms with Gasteiger partial charge in [-0.05, 0) is 81.0 Å². The first-order valence-electron chi connectivity index (χ1n) is 17.2. The Labute approximate surface area is 312 Å². The van der Waals surface area contributed by atoms with E-state index < -0.39 is 30.1 Å². The van der Waals surface area contributed by atoms with Crippen LogP contribution < -0.4 is 36.1 Å². The van der Waals surface area contributed by atoms with Gasteiger partial charge >= 0.3 is 5.97 Å². The second-order valence-corrected chi connectivity index (χ2v) is 13.4. The summed E-state index contributed by atoms with van der Waals surface area (Å²) in [6, 6.07) is 15.1. The Morgan fingerprint density at radius 2 is 1.63 bits per heavy atom. The van der Waals surface area contributed by atoms with Crippen LogP contribution in [-0.4, -0.2) is 61.1 Å². The third kappa shape index (κ3) is 10.4. The highest BCUT2D eigenvalue weighted by molar-refractivity contribution is 9.08. The SMILES string of the molecule is COC(=O)CCCCC(=O)N[C@@H](C)C(=O)N[C@@H](C)C(=O)Nc1cc(CBr)cc(COc2cc(N)c(C(O)N3c4ccccc4C[C@H]3C)cc2OC)c1. The van der Waals surface area contributed by atoms with E-state index in [-0.39, 0.29) is 37.4 Å². The number of benzene rings is 3. The van der Waals surface area contributed by atoms with Crippen LogP contribution in [0.15, 0.2) is 54.6 Å². The number of esters is 1. The van der Waals surface area contributed by atoms with Crippen LogP contribution in [0.1, 0.15) is 74.9 Å². The molecule has 3 aromatic rings. The molecule has 1 aliphatic heterocycles. The van der Waals surface area contributed by atoms with E-state index in [2.05, 4.69) is 49.6 Å². The van der Waals surface area contributed by atoms with Crippen molar-refractivity contribution in [1.29, 1.82) is 0 Å². The third-order valence-electron chi connectivity index (χ3n) is 8.82. The fourth-order valence-electron chi connectivity index (χ4n) is 6.05. The molecule has 3 aromatic carbocycles. The van der Waals surface area contributed by atoms with Gasteiger partial charge in [0.15, 0.2) is 17.7 Å². The van der Waals surface area contributed by atoms with Crippen LogP contribution in [-0.2, 0) is 42.3 Å². The number of para-hydroxylation sites is 1. The summed E-state index contributed by atoms with van der Waals surface area (Å²) in [6.07, 6.45) is 1.17. The number of unbranched alkanes of at least 4 members (excludes halogenated alkanes) is 1. The molecule has 0 spiro atoms. The lowest BCUT2D eigenvalue weighted by Crippen LogP contribution is -2.50. The van der Waals surface area contributed by atoms with E-state index in [0.717, 1.165) is 28.8 Å². The number of anilines is 3. The van der Waals surface area contributed by atoms with Gasteiger partial charge in [-0.1, -0.05) is 40.2 Å². The summed E-state index contributed by atoms with van der Waals surface area (Å²) in [6.45, 7) is 5.26. The average molecular weight is 783 g/mol. The maximum absolute atomic E-state index is 13.1. The fraction of sp³-hybridized carbons (Fsp3) is 0.421. The van der Waals surface area contributed by atoms with Crippen molar-refractivity contribution in [2.24, 2.45) is 0 Å². The van der Waals surface area contributed by atoms with Crippen molar-refractivity contribution in [1.82, 2.24) is 10.6 Å². The van der Waals surface area contributed by atoms with Crippen LogP contribution in [0.4, 0.5) is 17.1 Å². The molecule has 280 valence electrons. The predicted octanol–water partition coefficient (Wildman–Crippen LogP) is 4.87. The highest BCUT2D eigenvalue weighted by atomic mass is 79.9. The van der Waals surface area contributed by atoms with Gasteiger partial charge in [-0.2, -0.15) is 0 Å². The van der Waals surface area contributed by atoms with E-state index in [0.29, 0.717) is 46.6 Å². The maximum atomic E-state index is 13.1. The molecule has 0 bridgehead atoms. The van der Waals surface area contributed by atoms with Gasteiger partial charge in [-0.25, -0.2) is 0 Å². The second-order valence-electron chi connectivity index (χ2n) is 12.8. The standard InChI is InChI=1S/C38H48BrN5O8/c1-22-14-27-10-6-7-11-31(27)44(22)38(49)29-18-32(50-4)33(19-30(29)40)52-21-26-15-25(20-39)16-28(17-26)43-37(48)24(3)42-36(47)23(2)41-34(45)12-8-9-13-35(46)51-5/h6-7,10-11,15-19,22-24,38,49H,8-9,12-14,20-21,40H2,1-5H3,(H,41,45)(H,42,47)(H,43,48)/t22-,23+,24+,38?/m1/s1. The lowest BCUT2D eigenvalue weighted by molar-refractivity contribution is -0.140. The van der Waals surface area contributed by atoms with Crippen molar-refractivity contribution in [2.45, 2.75) is 89.2 Å². The third-order valence-corrected chi connectivity index (χ3v) is 9.47. The molecule has 3 amide bonds. The van der Waals surface area contributed by atoms with Gasteiger partial charge in [0.25, 0.3) is 0 Å². The molecule has 0 aliphatic carbocycles. The number of aliphatic hydroxyl groups excluding tert-OH is 1. The summed E-state index contributed by atoms with van der Waals surface area (Å²) in [5, 5.41) is 20.1. The number of rotatable bonds is 17. The molecule has 0 saturated heterocycles. The first kappa shape index (κ1) is 40.0. The molecular weight excluding hydrogens is 734 g/mol. The maximum Gasteiger partial charge on any atom is 0.305 e. The Hall–Kier alpha value is -4.82. The Balaban J connectivity index is 1.36. The van der Waals surface area contributed by atoms with Crippen molar-refractivity contribution in [3.63, 3.8) is 0 Å². The van der Waals surface area contributed by atoms with Gasteiger partial charge in [0, 0.05) is 52.9 Å². The molecule has 14 heteroatoms. The summed E-state index contributed by atoms with van der Waals surface area (Å²) >= 11 is 3.48. The summed E-state index contributed by atoms with van der Waals surface area (Å²) in [7, 11) is 2.83. The number of alkyl halides is 1. The van der Waals surface area contributed by atoms with Gasteiger partial charge in [-0.15, -0.1) is 0 Å². The lowest BCUT2D eigenvalue weighted by atomic mass is 10.1. The number of carbonyl (C=O) groups excluding carboxylic acids is 4. The summed E-state index contributed by atoms with van der Waals surface area (Å²) < 4.78 is 16.4. The Morgan fingerprint density at radius 1 is 0.942 bits per heavy atom. The molecule has 4 rings (SSSR count). The van der Waals surface area contributed by atoms with Crippen molar-refractivity contribution in [2.75, 3.05) is 30.2 Å². The smallest absolute Gasteiger partial charge is 0.305 e. The van der Waals surface area contributed by atoms with Crippen molar-refractivity contribution in [3.8, 4) is 11.5 Å². The highest BCUT2D eigenvalue weighted by Crippen LogP contribution is 2.42. The Morgan fingerprint density at radius 3 is 2.35 bits per heavy atom. The van der Waals surface area contributed by atoms with E-state index >= 15 is 0 Å². The zero-order valence-electron chi connectivity index (χ0n) is 30.2. The Bertz CT molecular complexity index is 1750. The summed E-state index contributed by atoms with van der Waals surface area (Å²) in [4.78, 5) is 51.2. The molecule has 6 N–H and O–H groups in total. The molecule has 52 heavy (non-hydrogen) atoms. The average Bonchev–Trinajstić information content (AvgIpc) is 3.47. The van der Waals surface area contributed by atoms with Crippen LogP contribution in [0.25, 0.3) is 0 Å². The van der Waals surface area contributed by atoms with Gasteiger partial charge in [0.2, 0.25) is 17.7 Å². The molecule has 0 radical (unpaired) electrons. The number of nitrogens with one attached hydrogen (secondary N) is 3. The van der Waals surface area contributed by atoms with Crippen molar-refractivity contribution >= 4 is 56.7 Å². The summed E-state index contributed by atoms with van der Waals surface area (Å²) in [5.41, 5.74) is 11.6. The molecule has 1 aliphatic rings. The van der Waals surface area contributed by atoms with E-state index in [1.165, 1.54) is 21.1 Å². The zero-order valence-corrected chi connectivity index (χ0v) is 31.7. The minimum absolute atomic E-state index is 0.0720. The molecule has 1 heterocycles. The first-order chi connectivity index (χ1) is 24.8. The van der Waals surface area contributed by atoms with Gasteiger partial charge in [0.1, 0.15) is 18.7 Å². The molecule has 0 saturated carbocycles. The number of methoxy groups -OCH3 is 2. The quantitative estimate of drug-likeness (QED) is 0.0549. The minimum Gasteiger partial charge on any atom is -0.493 e. The van der Waals surface area contributed by atoms with Crippen LogP contribution in [0.3, 0.4) is 0 Å².